The van der Waals surface area contributed by atoms with Crippen LogP contribution in [-0.4, -0.2) is 62.2 Å². The summed E-state index contributed by atoms with van der Waals surface area (Å²) >= 11 is 0. The van der Waals surface area contributed by atoms with E-state index in [2.05, 4.69) is 35.9 Å². The monoisotopic (exact) mass is 339 g/mol. The number of hydrogen-bond donors (Lipinski definition) is 1. The van der Waals surface area contributed by atoms with Crippen molar-refractivity contribution in [2.75, 3.05) is 52.4 Å². The second kappa shape index (κ2) is 10.3. The normalized spacial score (nSPS) is 25.6. The Balaban J connectivity index is 0.00000200. The van der Waals surface area contributed by atoms with Crippen LogP contribution in [0.4, 0.5) is 0 Å². The molecule has 1 unspecified atom stereocenters. The van der Waals surface area contributed by atoms with Gasteiger partial charge in [0.2, 0.25) is 0 Å². The third-order valence-electron chi connectivity index (χ3n) is 4.99. The Morgan fingerprint density at radius 3 is 2.00 bits per heavy atom. The molecule has 2 rings (SSSR count). The fourth-order valence-corrected chi connectivity index (χ4v) is 3.46. The summed E-state index contributed by atoms with van der Waals surface area (Å²) in [5.74, 6) is 0.914. The summed E-state index contributed by atoms with van der Waals surface area (Å²) in [6.45, 7) is 17.2. The minimum absolute atomic E-state index is 0. The minimum Gasteiger partial charge on any atom is -0.314 e. The Kier molecular flexibility index (Phi) is 10.5. The smallest absolute Gasteiger partial charge is 0.0110 e. The zero-order chi connectivity index (χ0) is 13.7. The van der Waals surface area contributed by atoms with E-state index in [9.17, 15) is 0 Å². The summed E-state index contributed by atoms with van der Waals surface area (Å²) in [7, 11) is 0. The van der Waals surface area contributed by atoms with Crippen molar-refractivity contribution >= 4 is 24.8 Å². The van der Waals surface area contributed by atoms with Crippen LogP contribution in [-0.2, 0) is 0 Å². The number of halogens is 2. The molecule has 128 valence electrons. The van der Waals surface area contributed by atoms with Crippen molar-refractivity contribution in [2.24, 2.45) is 11.3 Å². The average molecular weight is 340 g/mol. The highest BCUT2D eigenvalue weighted by atomic mass is 35.5. The zero-order valence-electron chi connectivity index (χ0n) is 14.1. The number of hydrogen-bond acceptors (Lipinski definition) is 3. The molecule has 2 fully saturated rings. The van der Waals surface area contributed by atoms with E-state index in [1.165, 1.54) is 71.6 Å². The Hall–Kier alpha value is 0.460. The summed E-state index contributed by atoms with van der Waals surface area (Å²) in [5, 5.41) is 3.43. The van der Waals surface area contributed by atoms with E-state index in [0.29, 0.717) is 5.41 Å². The highest BCUT2D eigenvalue weighted by molar-refractivity contribution is 5.85. The van der Waals surface area contributed by atoms with Crippen molar-refractivity contribution in [1.29, 1.82) is 0 Å². The van der Waals surface area contributed by atoms with Gasteiger partial charge in [-0.2, -0.15) is 0 Å². The molecule has 2 saturated heterocycles. The lowest BCUT2D eigenvalue weighted by Gasteiger charge is -2.31. The van der Waals surface area contributed by atoms with E-state index in [0.717, 1.165) is 5.92 Å². The molecule has 0 aromatic rings. The zero-order valence-corrected chi connectivity index (χ0v) is 15.7. The van der Waals surface area contributed by atoms with E-state index in [1.807, 2.05) is 0 Å². The van der Waals surface area contributed by atoms with Crippen molar-refractivity contribution in [2.45, 2.75) is 40.0 Å². The lowest BCUT2D eigenvalue weighted by molar-refractivity contribution is 0.181. The molecule has 0 spiro atoms. The molecule has 0 aromatic heterocycles. The Morgan fingerprint density at radius 1 is 0.857 bits per heavy atom. The fourth-order valence-electron chi connectivity index (χ4n) is 3.46. The minimum atomic E-state index is 0. The fraction of sp³-hybridized carbons (Fsp3) is 1.00. The summed E-state index contributed by atoms with van der Waals surface area (Å²) in [4.78, 5) is 5.32. The number of nitrogens with zero attached hydrogens (tertiary/aromatic N) is 2. The molecule has 2 aliphatic heterocycles. The lowest BCUT2D eigenvalue weighted by Crippen LogP contribution is -2.46. The molecule has 5 heteroatoms. The van der Waals surface area contributed by atoms with Gasteiger partial charge in [0.1, 0.15) is 0 Å². The molecule has 0 radical (unpaired) electrons. The van der Waals surface area contributed by atoms with E-state index < -0.39 is 0 Å². The van der Waals surface area contributed by atoms with E-state index >= 15 is 0 Å². The number of likely N-dealkylation sites (tertiary alicyclic amines) is 1. The third-order valence-corrected chi connectivity index (χ3v) is 4.99. The summed E-state index contributed by atoms with van der Waals surface area (Å²) in [6.07, 6.45) is 4.21. The van der Waals surface area contributed by atoms with Crippen LogP contribution in [0.25, 0.3) is 0 Å². The maximum absolute atomic E-state index is 3.43. The van der Waals surface area contributed by atoms with Crippen molar-refractivity contribution in [3.05, 3.63) is 0 Å². The lowest BCUT2D eigenvalue weighted by atomic mass is 9.77. The SMILES string of the molecule is CC(C)(C)C1CCCN(CCN2CCNCC2)CC1.Cl.Cl. The van der Waals surface area contributed by atoms with E-state index in [-0.39, 0.29) is 24.8 Å². The maximum atomic E-state index is 3.43. The highest BCUT2D eigenvalue weighted by Crippen LogP contribution is 2.34. The predicted octanol–water partition coefficient (Wildman–Crippen LogP) is 2.88. The number of piperazine rings is 1. The molecule has 1 atom stereocenters. The Bertz CT molecular complexity index is 263. The number of rotatable bonds is 3. The van der Waals surface area contributed by atoms with E-state index in [1.54, 1.807) is 0 Å². The molecule has 21 heavy (non-hydrogen) atoms. The van der Waals surface area contributed by atoms with Gasteiger partial charge in [-0.25, -0.2) is 0 Å². The highest BCUT2D eigenvalue weighted by Gasteiger charge is 2.27. The van der Waals surface area contributed by atoms with Crippen molar-refractivity contribution in [3.8, 4) is 0 Å². The molecule has 0 bridgehead atoms. The van der Waals surface area contributed by atoms with Crippen LogP contribution in [0.15, 0.2) is 0 Å². The van der Waals surface area contributed by atoms with Gasteiger partial charge in [-0.05, 0) is 43.7 Å². The quantitative estimate of drug-likeness (QED) is 0.852. The van der Waals surface area contributed by atoms with Gasteiger partial charge >= 0.3 is 0 Å². The van der Waals surface area contributed by atoms with Crippen LogP contribution in [0.1, 0.15) is 40.0 Å². The van der Waals surface area contributed by atoms with Crippen molar-refractivity contribution in [1.82, 2.24) is 15.1 Å². The first-order chi connectivity index (χ1) is 9.05. The van der Waals surface area contributed by atoms with Gasteiger partial charge in [0.05, 0.1) is 0 Å². The Labute approximate surface area is 144 Å². The summed E-state index contributed by atoms with van der Waals surface area (Å²) < 4.78 is 0. The summed E-state index contributed by atoms with van der Waals surface area (Å²) in [5.41, 5.74) is 0.495. The predicted molar refractivity (Wildman–Crippen MR) is 97.0 cm³/mol. The van der Waals surface area contributed by atoms with Crippen LogP contribution in [0.5, 0.6) is 0 Å². The van der Waals surface area contributed by atoms with Gasteiger partial charge in [-0.15, -0.1) is 24.8 Å². The molecule has 1 N–H and O–H groups in total. The van der Waals surface area contributed by atoms with Gasteiger partial charge in [-0.1, -0.05) is 20.8 Å². The van der Waals surface area contributed by atoms with E-state index in [4.69, 9.17) is 0 Å². The Morgan fingerprint density at radius 2 is 1.43 bits per heavy atom. The molecule has 0 saturated carbocycles. The average Bonchev–Trinajstić information content (AvgIpc) is 2.62. The molecular weight excluding hydrogens is 305 g/mol. The first-order valence-corrected chi connectivity index (χ1v) is 8.21. The second-order valence-electron chi connectivity index (χ2n) is 7.43. The van der Waals surface area contributed by atoms with Crippen LogP contribution < -0.4 is 5.32 Å². The van der Waals surface area contributed by atoms with Crippen LogP contribution in [0.2, 0.25) is 0 Å². The van der Waals surface area contributed by atoms with Crippen molar-refractivity contribution in [3.63, 3.8) is 0 Å². The number of nitrogens with one attached hydrogen (secondary N) is 1. The largest absolute Gasteiger partial charge is 0.314 e. The van der Waals surface area contributed by atoms with Crippen LogP contribution in [0, 0.1) is 11.3 Å². The standard InChI is InChI=1S/C16H33N3.2ClH/c1-16(2,3)15-5-4-9-18(10-6-15)13-14-19-11-7-17-8-12-19;;/h15,17H,4-14H2,1-3H3;2*1H. The maximum Gasteiger partial charge on any atom is 0.0110 e. The van der Waals surface area contributed by atoms with Crippen molar-refractivity contribution < 1.29 is 0 Å². The third kappa shape index (κ3) is 7.51. The molecule has 0 aromatic carbocycles. The molecular formula is C16H35Cl2N3. The molecule has 2 aliphatic rings. The molecule has 0 aliphatic carbocycles. The molecule has 3 nitrogen and oxygen atoms in total. The first kappa shape index (κ1) is 21.5. The molecule has 2 heterocycles. The van der Waals surface area contributed by atoms with Crippen LogP contribution in [0.3, 0.4) is 0 Å². The molecule has 0 amide bonds. The second-order valence-corrected chi connectivity index (χ2v) is 7.43. The topological polar surface area (TPSA) is 18.5 Å². The summed E-state index contributed by atoms with van der Waals surface area (Å²) in [6, 6.07) is 0. The van der Waals surface area contributed by atoms with Gasteiger partial charge in [0, 0.05) is 39.3 Å². The first-order valence-electron chi connectivity index (χ1n) is 8.21. The van der Waals surface area contributed by atoms with Gasteiger partial charge < -0.3 is 10.2 Å². The van der Waals surface area contributed by atoms with Gasteiger partial charge in [0.15, 0.2) is 0 Å². The van der Waals surface area contributed by atoms with Crippen LogP contribution >= 0.6 is 24.8 Å². The van der Waals surface area contributed by atoms with Gasteiger partial charge in [0.25, 0.3) is 0 Å². The van der Waals surface area contributed by atoms with Gasteiger partial charge in [-0.3, -0.25) is 4.90 Å².